The van der Waals surface area contributed by atoms with Gasteiger partial charge in [-0.3, -0.25) is 0 Å². The Balaban J connectivity index is 1.32. The van der Waals surface area contributed by atoms with Crippen LogP contribution in [-0.4, -0.2) is 8.07 Å². The zero-order chi connectivity index (χ0) is 38.6. The van der Waals surface area contributed by atoms with Crippen LogP contribution in [0.4, 0.5) is 17.1 Å². The van der Waals surface area contributed by atoms with Crippen molar-refractivity contribution in [1.29, 1.82) is 0 Å². The number of hydrogen-bond acceptors (Lipinski definition) is 1. The Bertz CT molecular complexity index is 3030. The Morgan fingerprint density at radius 2 is 0.895 bits per heavy atom. The maximum atomic E-state index is 2.55. The number of fused-ring (bicyclic) bond motifs is 17. The van der Waals surface area contributed by atoms with Gasteiger partial charge in [0.1, 0.15) is 0 Å². The molecule has 57 heavy (non-hydrogen) atoms. The molecule has 0 N–H and O–H groups in total. The number of benzene rings is 9. The summed E-state index contributed by atoms with van der Waals surface area (Å²) in [6.07, 6.45) is 0. The Hall–Kier alpha value is -6.22. The van der Waals surface area contributed by atoms with Crippen LogP contribution in [0.3, 0.4) is 0 Å². The SMILES string of the molecule is CC(C)c1ccc(N(c2ccc([Si](C)(C)C)cc2)c2cc3c(c4ccccc24)C2(c4ccccc4-c4ccccc42)c2c-3c3ccccc3c3ccccc23)cc1. The van der Waals surface area contributed by atoms with Crippen LogP contribution >= 0.6 is 0 Å². The summed E-state index contributed by atoms with van der Waals surface area (Å²) in [6.45, 7) is 11.8. The zero-order valence-corrected chi connectivity index (χ0v) is 34.3. The third-order valence-electron chi connectivity index (χ3n) is 13.0. The Morgan fingerprint density at radius 1 is 0.439 bits per heavy atom. The fraction of sp³-hybridized carbons (Fsp3) is 0.127. The van der Waals surface area contributed by atoms with Crippen molar-refractivity contribution >= 4 is 62.6 Å². The van der Waals surface area contributed by atoms with Gasteiger partial charge in [-0.1, -0.05) is 184 Å². The normalized spacial score (nSPS) is 13.6. The van der Waals surface area contributed by atoms with Gasteiger partial charge >= 0.3 is 0 Å². The number of rotatable bonds is 5. The van der Waals surface area contributed by atoms with Gasteiger partial charge in [0.2, 0.25) is 0 Å². The Labute approximate surface area is 336 Å². The molecule has 1 nitrogen and oxygen atoms in total. The Morgan fingerprint density at radius 3 is 1.46 bits per heavy atom. The molecule has 0 fully saturated rings. The second kappa shape index (κ2) is 12.4. The van der Waals surface area contributed by atoms with E-state index in [9.17, 15) is 0 Å². The molecule has 0 radical (unpaired) electrons. The van der Waals surface area contributed by atoms with E-state index in [4.69, 9.17) is 0 Å². The van der Waals surface area contributed by atoms with Crippen molar-refractivity contribution in [3.8, 4) is 22.3 Å². The van der Waals surface area contributed by atoms with Gasteiger partial charge in [-0.25, -0.2) is 0 Å². The minimum Gasteiger partial charge on any atom is -0.310 e. The van der Waals surface area contributed by atoms with Crippen LogP contribution in [-0.2, 0) is 5.41 Å². The maximum Gasteiger partial charge on any atom is 0.0775 e. The third-order valence-corrected chi connectivity index (χ3v) is 15.0. The number of hydrogen-bond donors (Lipinski definition) is 0. The summed E-state index contributed by atoms with van der Waals surface area (Å²) in [7, 11) is -1.51. The van der Waals surface area contributed by atoms with Crippen molar-refractivity contribution in [3.05, 3.63) is 204 Å². The van der Waals surface area contributed by atoms with Gasteiger partial charge in [-0.2, -0.15) is 0 Å². The van der Waals surface area contributed by atoms with Crippen LogP contribution in [0.15, 0.2) is 176 Å². The third kappa shape index (κ3) is 4.74. The largest absolute Gasteiger partial charge is 0.310 e. The summed E-state index contributed by atoms with van der Waals surface area (Å²) in [6, 6.07) is 67.2. The van der Waals surface area contributed by atoms with E-state index in [1.807, 2.05) is 0 Å². The molecule has 0 aliphatic heterocycles. The van der Waals surface area contributed by atoms with Crippen LogP contribution < -0.4 is 10.1 Å². The van der Waals surface area contributed by atoms with Crippen molar-refractivity contribution in [2.75, 3.05) is 4.90 Å². The van der Waals surface area contributed by atoms with E-state index in [0.29, 0.717) is 5.92 Å². The maximum absolute atomic E-state index is 2.55. The molecule has 0 amide bonds. The van der Waals surface area contributed by atoms with Crippen LogP contribution in [0.5, 0.6) is 0 Å². The molecule has 2 aliphatic rings. The fourth-order valence-electron chi connectivity index (χ4n) is 10.4. The van der Waals surface area contributed by atoms with E-state index < -0.39 is 13.5 Å². The molecule has 0 atom stereocenters. The lowest BCUT2D eigenvalue weighted by molar-refractivity contribution is 0.809. The first-order valence-electron chi connectivity index (χ1n) is 20.5. The molecule has 11 rings (SSSR count). The molecule has 0 aromatic heterocycles. The smallest absolute Gasteiger partial charge is 0.0775 e. The second-order valence-corrected chi connectivity index (χ2v) is 22.5. The van der Waals surface area contributed by atoms with E-state index in [1.165, 1.54) is 98.9 Å². The summed E-state index contributed by atoms with van der Waals surface area (Å²) < 4.78 is 0. The number of anilines is 3. The number of nitrogens with zero attached hydrogens (tertiary/aromatic N) is 1. The molecule has 1 spiro atoms. The lowest BCUT2D eigenvalue weighted by atomic mass is 9.68. The second-order valence-electron chi connectivity index (χ2n) is 17.4. The molecule has 0 saturated carbocycles. The first-order chi connectivity index (χ1) is 27.8. The monoisotopic (exact) mass is 747 g/mol. The molecular formula is C55H45NSi. The van der Waals surface area contributed by atoms with E-state index in [2.05, 4.69) is 214 Å². The topological polar surface area (TPSA) is 3.24 Å². The quantitative estimate of drug-likeness (QED) is 0.125. The predicted molar refractivity (Wildman–Crippen MR) is 247 cm³/mol. The molecule has 9 aromatic carbocycles. The van der Waals surface area contributed by atoms with E-state index >= 15 is 0 Å². The molecule has 0 bridgehead atoms. The minimum atomic E-state index is -1.51. The minimum absolute atomic E-state index is 0.456. The average Bonchev–Trinajstić information content (AvgIpc) is 3.72. The average molecular weight is 748 g/mol. The van der Waals surface area contributed by atoms with Crippen molar-refractivity contribution < 1.29 is 0 Å². The van der Waals surface area contributed by atoms with E-state index in [1.54, 1.807) is 0 Å². The highest BCUT2D eigenvalue weighted by Crippen LogP contribution is 2.67. The van der Waals surface area contributed by atoms with Crippen molar-refractivity contribution in [1.82, 2.24) is 0 Å². The highest BCUT2D eigenvalue weighted by atomic mass is 28.3. The molecule has 0 heterocycles. The molecule has 0 unspecified atom stereocenters. The van der Waals surface area contributed by atoms with Gasteiger partial charge in [0.05, 0.1) is 19.2 Å². The summed E-state index contributed by atoms with van der Waals surface area (Å²) in [5.74, 6) is 0.456. The molecule has 2 aliphatic carbocycles. The van der Waals surface area contributed by atoms with Crippen LogP contribution in [0.25, 0.3) is 54.6 Å². The lowest BCUT2D eigenvalue weighted by Gasteiger charge is -2.34. The molecular weight excluding hydrogens is 703 g/mol. The van der Waals surface area contributed by atoms with Crippen molar-refractivity contribution in [3.63, 3.8) is 0 Å². The molecule has 2 heteroatoms. The highest BCUT2D eigenvalue weighted by Gasteiger charge is 2.54. The first kappa shape index (κ1) is 34.1. The van der Waals surface area contributed by atoms with E-state index in [-0.39, 0.29) is 0 Å². The van der Waals surface area contributed by atoms with Gasteiger partial charge in [0, 0.05) is 16.8 Å². The Kier molecular flexibility index (Phi) is 7.40. The summed E-state index contributed by atoms with van der Waals surface area (Å²) >= 11 is 0. The van der Waals surface area contributed by atoms with Gasteiger partial charge < -0.3 is 4.90 Å². The molecule has 0 saturated heterocycles. The zero-order valence-electron chi connectivity index (χ0n) is 33.3. The first-order valence-corrected chi connectivity index (χ1v) is 24.0. The molecule has 274 valence electrons. The van der Waals surface area contributed by atoms with Gasteiger partial charge in [0.25, 0.3) is 0 Å². The summed E-state index contributed by atoms with van der Waals surface area (Å²) in [5.41, 5.74) is 15.2. The van der Waals surface area contributed by atoms with Crippen LogP contribution in [0.2, 0.25) is 19.6 Å². The van der Waals surface area contributed by atoms with Crippen LogP contribution in [0, 0.1) is 0 Å². The van der Waals surface area contributed by atoms with Gasteiger partial charge in [-0.05, 0) is 113 Å². The van der Waals surface area contributed by atoms with Crippen molar-refractivity contribution in [2.24, 2.45) is 0 Å². The van der Waals surface area contributed by atoms with Crippen LogP contribution in [0.1, 0.15) is 47.6 Å². The van der Waals surface area contributed by atoms with E-state index in [0.717, 1.165) is 5.69 Å². The standard InChI is InChI=1S/C55H45NSi/c1-35(2)36-26-28-37(29-27-36)56(38-30-32-39(33-31-38)57(3,4)5)51-34-48-52-45-21-9-6-16-40(45)41-17-7-10-22-46(41)54(52)55(53(48)47-23-11-8-20-44(47)51)49-24-14-12-18-42(49)43-19-13-15-25-50(43)55/h6-35H,1-5H3. The lowest BCUT2D eigenvalue weighted by Crippen LogP contribution is -2.37. The highest BCUT2D eigenvalue weighted by molar-refractivity contribution is 6.88. The predicted octanol–water partition coefficient (Wildman–Crippen LogP) is 14.6. The fourth-order valence-corrected chi connectivity index (χ4v) is 11.6. The van der Waals surface area contributed by atoms with Crippen molar-refractivity contribution in [2.45, 2.75) is 44.8 Å². The summed E-state index contributed by atoms with van der Waals surface area (Å²) in [5, 5.41) is 9.24. The van der Waals surface area contributed by atoms with Gasteiger partial charge in [-0.15, -0.1) is 0 Å². The summed E-state index contributed by atoms with van der Waals surface area (Å²) in [4.78, 5) is 2.52. The van der Waals surface area contributed by atoms with Gasteiger partial charge in [0.15, 0.2) is 0 Å². The molecule has 9 aromatic rings.